The molecule has 0 spiro atoms. The number of nitrogens with zero attached hydrogens (tertiary/aromatic N) is 2. The van der Waals surface area contributed by atoms with E-state index in [1.165, 1.54) is 24.5 Å². The van der Waals surface area contributed by atoms with E-state index < -0.39 is 10.0 Å². The van der Waals surface area contributed by atoms with E-state index in [1.807, 2.05) is 4.90 Å². The number of benzene rings is 1. The number of nitrogens with two attached hydrogens (primary N) is 1. The first-order valence-corrected chi connectivity index (χ1v) is 8.51. The second-order valence-corrected chi connectivity index (χ2v) is 7.69. The summed E-state index contributed by atoms with van der Waals surface area (Å²) in [5.41, 5.74) is 7.25. The number of hydrogen-bond donors (Lipinski definition) is 2. The number of aliphatic hydroxyl groups excluding tert-OH is 1. The van der Waals surface area contributed by atoms with Crippen molar-refractivity contribution in [2.75, 3.05) is 37.9 Å². The average molecular weight is 313 g/mol. The fourth-order valence-corrected chi connectivity index (χ4v) is 3.57. The monoisotopic (exact) mass is 313 g/mol. The first-order valence-electron chi connectivity index (χ1n) is 7.07. The quantitative estimate of drug-likeness (QED) is 0.806. The number of anilines is 2. The van der Waals surface area contributed by atoms with Crippen LogP contribution in [0.2, 0.25) is 0 Å². The highest BCUT2D eigenvalue weighted by Crippen LogP contribution is 2.32. The number of hydrogen-bond acceptors (Lipinski definition) is 5. The van der Waals surface area contributed by atoms with Gasteiger partial charge in [0.25, 0.3) is 0 Å². The van der Waals surface area contributed by atoms with Gasteiger partial charge in [0.2, 0.25) is 10.0 Å². The minimum Gasteiger partial charge on any atom is -0.397 e. The van der Waals surface area contributed by atoms with Gasteiger partial charge in [-0.25, -0.2) is 12.7 Å². The Morgan fingerprint density at radius 1 is 1.38 bits per heavy atom. The molecule has 1 atom stereocenters. The molecule has 1 aromatic rings. The molecule has 0 aliphatic carbocycles. The van der Waals surface area contributed by atoms with Crippen molar-refractivity contribution in [3.05, 3.63) is 18.2 Å². The van der Waals surface area contributed by atoms with Crippen molar-refractivity contribution in [1.29, 1.82) is 0 Å². The zero-order chi connectivity index (χ0) is 15.6. The number of sulfonamides is 1. The Morgan fingerprint density at radius 2 is 2.10 bits per heavy atom. The largest absolute Gasteiger partial charge is 0.397 e. The van der Waals surface area contributed by atoms with Gasteiger partial charge in [-0.3, -0.25) is 0 Å². The van der Waals surface area contributed by atoms with Crippen molar-refractivity contribution < 1.29 is 13.5 Å². The summed E-state index contributed by atoms with van der Waals surface area (Å²) in [4.78, 5) is 2.24. The van der Waals surface area contributed by atoms with E-state index in [4.69, 9.17) is 5.73 Å². The second-order valence-electron chi connectivity index (χ2n) is 5.53. The van der Waals surface area contributed by atoms with Crippen LogP contribution < -0.4 is 10.6 Å². The summed E-state index contributed by atoms with van der Waals surface area (Å²) < 4.78 is 25.7. The summed E-state index contributed by atoms with van der Waals surface area (Å²) in [7, 11) is -0.485. The molecule has 0 amide bonds. The van der Waals surface area contributed by atoms with E-state index in [0.29, 0.717) is 11.4 Å². The molecule has 0 aromatic heterocycles. The first-order chi connectivity index (χ1) is 9.87. The highest BCUT2D eigenvalue weighted by Gasteiger charge is 2.25. The lowest BCUT2D eigenvalue weighted by molar-refractivity contribution is 0.240. The highest BCUT2D eigenvalue weighted by atomic mass is 32.2. The van der Waals surface area contributed by atoms with Crippen LogP contribution in [-0.2, 0) is 10.0 Å². The van der Waals surface area contributed by atoms with Gasteiger partial charge in [-0.05, 0) is 37.5 Å². The Balaban J connectivity index is 2.44. The smallest absolute Gasteiger partial charge is 0.242 e. The normalized spacial score (nSPS) is 20.0. The molecule has 1 aliphatic rings. The van der Waals surface area contributed by atoms with Gasteiger partial charge in [0.15, 0.2) is 0 Å². The Labute approximate surface area is 126 Å². The molecule has 3 N–H and O–H groups in total. The maximum atomic E-state index is 12.2. The van der Waals surface area contributed by atoms with Crippen LogP contribution in [0.3, 0.4) is 0 Å². The van der Waals surface area contributed by atoms with E-state index in [-0.39, 0.29) is 17.5 Å². The Kier molecular flexibility index (Phi) is 4.75. The molecule has 1 aliphatic heterocycles. The van der Waals surface area contributed by atoms with Crippen LogP contribution in [0.25, 0.3) is 0 Å². The third kappa shape index (κ3) is 3.14. The van der Waals surface area contributed by atoms with E-state index in [9.17, 15) is 13.5 Å². The van der Waals surface area contributed by atoms with Crippen LogP contribution in [0.4, 0.5) is 11.4 Å². The van der Waals surface area contributed by atoms with Gasteiger partial charge >= 0.3 is 0 Å². The number of rotatable bonds is 4. The Bertz CT molecular complexity index is 601. The summed E-state index contributed by atoms with van der Waals surface area (Å²) in [6.45, 7) is 0.824. The maximum absolute atomic E-state index is 12.2. The number of aliphatic hydroxyl groups is 1. The van der Waals surface area contributed by atoms with E-state index in [0.717, 1.165) is 25.8 Å². The lowest BCUT2D eigenvalue weighted by Crippen LogP contribution is -2.42. The van der Waals surface area contributed by atoms with Crippen LogP contribution in [0.15, 0.2) is 23.1 Å². The first kappa shape index (κ1) is 16.1. The van der Waals surface area contributed by atoms with Gasteiger partial charge in [-0.2, -0.15) is 0 Å². The standard InChI is InChI=1S/C14H23N3O3S/c1-16(2)21(19,20)12-6-7-13(15)14(9-12)17-8-4-3-5-11(17)10-18/h6-7,9,11,18H,3-5,8,10,15H2,1-2H3. The second kappa shape index (κ2) is 6.21. The molecular weight excluding hydrogens is 290 g/mol. The van der Waals surface area contributed by atoms with Crippen molar-refractivity contribution in [2.24, 2.45) is 0 Å². The summed E-state index contributed by atoms with van der Waals surface area (Å²) in [6.07, 6.45) is 2.97. The Morgan fingerprint density at radius 3 is 2.71 bits per heavy atom. The fraction of sp³-hybridized carbons (Fsp3) is 0.571. The molecular formula is C14H23N3O3S. The topological polar surface area (TPSA) is 86.9 Å². The fourth-order valence-electron chi connectivity index (χ4n) is 2.65. The van der Waals surface area contributed by atoms with Crippen molar-refractivity contribution in [1.82, 2.24) is 4.31 Å². The van der Waals surface area contributed by atoms with Gasteiger partial charge in [0, 0.05) is 20.6 Å². The SMILES string of the molecule is CN(C)S(=O)(=O)c1ccc(N)c(N2CCCCC2CO)c1. The molecule has 1 heterocycles. The average Bonchev–Trinajstić information content (AvgIpc) is 2.47. The van der Waals surface area contributed by atoms with Crippen molar-refractivity contribution >= 4 is 21.4 Å². The van der Waals surface area contributed by atoms with Crippen LogP contribution in [0.5, 0.6) is 0 Å². The molecule has 7 heteroatoms. The minimum absolute atomic E-state index is 0.00152. The summed E-state index contributed by atoms with van der Waals surface area (Å²) in [5, 5.41) is 9.52. The van der Waals surface area contributed by atoms with Crippen LogP contribution in [0.1, 0.15) is 19.3 Å². The molecule has 0 radical (unpaired) electrons. The highest BCUT2D eigenvalue weighted by molar-refractivity contribution is 7.89. The summed E-state index contributed by atoms with van der Waals surface area (Å²) in [5.74, 6) is 0. The zero-order valence-electron chi connectivity index (χ0n) is 12.5. The molecule has 1 unspecified atom stereocenters. The summed E-state index contributed by atoms with van der Waals surface area (Å²) >= 11 is 0. The molecule has 0 bridgehead atoms. The number of nitrogen functional groups attached to an aromatic ring is 1. The molecule has 1 aromatic carbocycles. The van der Waals surface area contributed by atoms with Crippen LogP contribution >= 0.6 is 0 Å². The predicted octanol–water partition coefficient (Wildman–Crippen LogP) is 0.870. The molecule has 21 heavy (non-hydrogen) atoms. The van der Waals surface area contributed by atoms with Crippen molar-refractivity contribution in [3.8, 4) is 0 Å². The molecule has 1 fully saturated rings. The third-order valence-corrected chi connectivity index (χ3v) is 5.74. The van der Waals surface area contributed by atoms with E-state index in [2.05, 4.69) is 0 Å². The zero-order valence-corrected chi connectivity index (χ0v) is 13.3. The lowest BCUT2D eigenvalue weighted by Gasteiger charge is -2.37. The summed E-state index contributed by atoms with van der Waals surface area (Å²) in [6, 6.07) is 4.75. The molecule has 1 saturated heterocycles. The predicted molar refractivity (Wildman–Crippen MR) is 83.8 cm³/mol. The van der Waals surface area contributed by atoms with Crippen LogP contribution in [0, 0.1) is 0 Å². The number of piperidine rings is 1. The van der Waals surface area contributed by atoms with Gasteiger partial charge in [0.1, 0.15) is 0 Å². The molecule has 118 valence electrons. The maximum Gasteiger partial charge on any atom is 0.242 e. The third-order valence-electron chi connectivity index (χ3n) is 3.93. The van der Waals surface area contributed by atoms with Crippen LogP contribution in [-0.4, -0.2) is 51.1 Å². The van der Waals surface area contributed by atoms with Gasteiger partial charge < -0.3 is 15.7 Å². The minimum atomic E-state index is -3.49. The van der Waals surface area contributed by atoms with Gasteiger partial charge in [-0.15, -0.1) is 0 Å². The van der Waals surface area contributed by atoms with Gasteiger partial charge in [-0.1, -0.05) is 0 Å². The van der Waals surface area contributed by atoms with E-state index >= 15 is 0 Å². The van der Waals surface area contributed by atoms with Crippen molar-refractivity contribution in [3.63, 3.8) is 0 Å². The van der Waals surface area contributed by atoms with E-state index in [1.54, 1.807) is 12.1 Å². The Hall–Kier alpha value is -1.31. The van der Waals surface area contributed by atoms with Crippen molar-refractivity contribution in [2.45, 2.75) is 30.2 Å². The molecule has 2 rings (SSSR count). The van der Waals surface area contributed by atoms with Gasteiger partial charge in [0.05, 0.1) is 28.9 Å². The molecule has 6 nitrogen and oxygen atoms in total. The lowest BCUT2D eigenvalue weighted by atomic mass is 10.0. The molecule has 0 saturated carbocycles.